The van der Waals surface area contributed by atoms with Gasteiger partial charge in [0, 0.05) is 11.1 Å². The molecule has 3 nitrogen and oxygen atoms in total. The molecule has 1 aliphatic carbocycles. The highest BCUT2D eigenvalue weighted by Gasteiger charge is 2.46. The Balaban J connectivity index is 2.02. The summed E-state index contributed by atoms with van der Waals surface area (Å²) in [5, 5.41) is 0.784. The van der Waals surface area contributed by atoms with Crippen LogP contribution in [0.1, 0.15) is 44.6 Å². The molecule has 0 radical (unpaired) electrons. The van der Waals surface area contributed by atoms with Gasteiger partial charge in [-0.05, 0) is 37.0 Å². The maximum Gasteiger partial charge on any atom is 0.192 e. The third-order valence-corrected chi connectivity index (χ3v) is 5.08. The van der Waals surface area contributed by atoms with Gasteiger partial charge in [0.05, 0.1) is 12.1 Å². The number of rotatable bonds is 3. The second kappa shape index (κ2) is 5.28. The van der Waals surface area contributed by atoms with E-state index in [1.165, 1.54) is 31.2 Å². The van der Waals surface area contributed by atoms with Crippen LogP contribution in [0.5, 0.6) is 0 Å². The molecule has 1 aliphatic heterocycles. The Bertz CT molecular complexity index is 522. The molecule has 2 N–H and O–H groups in total. The summed E-state index contributed by atoms with van der Waals surface area (Å²) < 4.78 is 0. The first kappa shape index (κ1) is 13.7. The van der Waals surface area contributed by atoms with Gasteiger partial charge in [-0.25, -0.2) is 0 Å². The zero-order valence-electron chi connectivity index (χ0n) is 12.0. The highest BCUT2D eigenvalue weighted by molar-refractivity contribution is 6.30. The first-order valence-electron chi connectivity index (χ1n) is 7.52. The maximum atomic E-state index is 6.23. The van der Waals surface area contributed by atoms with Crippen LogP contribution in [0.3, 0.4) is 0 Å². The van der Waals surface area contributed by atoms with E-state index in [0.717, 1.165) is 18.0 Å². The Hall–Kier alpha value is -1.22. The van der Waals surface area contributed by atoms with Crippen LogP contribution >= 0.6 is 11.6 Å². The summed E-state index contributed by atoms with van der Waals surface area (Å²) in [4.78, 5) is 6.95. The Morgan fingerprint density at radius 3 is 2.80 bits per heavy atom. The molecule has 0 spiro atoms. The molecule has 20 heavy (non-hydrogen) atoms. The normalized spacial score (nSPS) is 27.1. The molecule has 1 unspecified atom stereocenters. The third-order valence-electron chi connectivity index (χ3n) is 4.85. The lowest BCUT2D eigenvalue weighted by Crippen LogP contribution is -2.53. The first-order chi connectivity index (χ1) is 9.67. The predicted octanol–water partition coefficient (Wildman–Crippen LogP) is 3.52. The molecule has 4 heteroatoms. The van der Waals surface area contributed by atoms with Gasteiger partial charge in [-0.15, -0.1) is 0 Å². The molecule has 108 valence electrons. The van der Waals surface area contributed by atoms with E-state index >= 15 is 0 Å². The fraction of sp³-hybridized carbons (Fsp3) is 0.562. The SMILES string of the molecule is CCC1(c2cccc(Cl)c2)CN=C(N)N1C1CCCC1. The van der Waals surface area contributed by atoms with Crippen LogP contribution in [0.4, 0.5) is 0 Å². The lowest BCUT2D eigenvalue weighted by Gasteiger charge is -2.43. The van der Waals surface area contributed by atoms with Gasteiger partial charge in [-0.1, -0.05) is 43.5 Å². The summed E-state index contributed by atoms with van der Waals surface area (Å²) in [6.07, 6.45) is 6.03. The second-order valence-corrected chi connectivity index (χ2v) is 6.31. The molecule has 1 saturated carbocycles. The largest absolute Gasteiger partial charge is 0.370 e. The van der Waals surface area contributed by atoms with E-state index in [1.807, 2.05) is 12.1 Å². The van der Waals surface area contributed by atoms with Crippen molar-refractivity contribution in [3.63, 3.8) is 0 Å². The molecular formula is C16H22ClN3. The average molecular weight is 292 g/mol. The molecule has 0 saturated heterocycles. The monoisotopic (exact) mass is 291 g/mol. The Morgan fingerprint density at radius 2 is 2.15 bits per heavy atom. The highest BCUT2D eigenvalue weighted by atomic mass is 35.5. The molecule has 1 heterocycles. The second-order valence-electron chi connectivity index (χ2n) is 5.88. The minimum Gasteiger partial charge on any atom is -0.370 e. The van der Waals surface area contributed by atoms with Crippen LogP contribution in [0.15, 0.2) is 29.3 Å². The lowest BCUT2D eigenvalue weighted by atomic mass is 9.85. The number of aliphatic imine (C=N–C) groups is 1. The summed E-state index contributed by atoms with van der Waals surface area (Å²) in [7, 11) is 0. The molecule has 1 atom stereocenters. The number of nitrogens with two attached hydrogens (primary N) is 1. The lowest BCUT2D eigenvalue weighted by molar-refractivity contribution is 0.143. The summed E-state index contributed by atoms with van der Waals surface area (Å²) in [6.45, 7) is 2.96. The highest BCUT2D eigenvalue weighted by Crippen LogP contribution is 2.41. The topological polar surface area (TPSA) is 41.6 Å². The third kappa shape index (κ3) is 2.08. The molecule has 2 aliphatic rings. The van der Waals surface area contributed by atoms with Crippen molar-refractivity contribution < 1.29 is 0 Å². The Morgan fingerprint density at radius 1 is 1.40 bits per heavy atom. The minimum absolute atomic E-state index is 0.107. The molecule has 3 rings (SSSR count). The molecule has 0 aromatic heterocycles. The quantitative estimate of drug-likeness (QED) is 0.926. The van der Waals surface area contributed by atoms with Crippen molar-refractivity contribution in [3.05, 3.63) is 34.9 Å². The van der Waals surface area contributed by atoms with Gasteiger partial charge >= 0.3 is 0 Å². The molecule has 0 bridgehead atoms. The van der Waals surface area contributed by atoms with E-state index in [0.29, 0.717) is 12.0 Å². The first-order valence-corrected chi connectivity index (χ1v) is 7.90. The van der Waals surface area contributed by atoms with Crippen LogP contribution in [-0.2, 0) is 5.54 Å². The van der Waals surface area contributed by atoms with Crippen molar-refractivity contribution in [1.82, 2.24) is 4.90 Å². The average Bonchev–Trinajstić information content (AvgIpc) is 3.06. The number of hydrogen-bond acceptors (Lipinski definition) is 3. The van der Waals surface area contributed by atoms with Gasteiger partial charge in [-0.3, -0.25) is 4.99 Å². The van der Waals surface area contributed by atoms with Crippen molar-refractivity contribution in [2.75, 3.05) is 6.54 Å². The smallest absolute Gasteiger partial charge is 0.192 e. The standard InChI is InChI=1S/C16H22ClN3/c1-2-16(12-6-5-7-13(17)10-12)11-19-15(18)20(16)14-8-3-4-9-14/h5-7,10,14H,2-4,8-9,11H2,1H3,(H2,18,19). The zero-order valence-corrected chi connectivity index (χ0v) is 12.7. The van der Waals surface area contributed by atoms with E-state index in [9.17, 15) is 0 Å². The summed E-state index contributed by atoms with van der Waals surface area (Å²) in [5.41, 5.74) is 7.36. The molecule has 1 aromatic carbocycles. The van der Waals surface area contributed by atoms with Gasteiger partial charge in [0.1, 0.15) is 0 Å². The van der Waals surface area contributed by atoms with Gasteiger partial charge in [0.15, 0.2) is 5.96 Å². The zero-order chi connectivity index (χ0) is 14.2. The van der Waals surface area contributed by atoms with Crippen LogP contribution < -0.4 is 5.73 Å². The van der Waals surface area contributed by atoms with E-state index in [2.05, 4.69) is 28.9 Å². The number of benzene rings is 1. The van der Waals surface area contributed by atoms with Crippen molar-refractivity contribution in [2.45, 2.75) is 50.6 Å². The van der Waals surface area contributed by atoms with Crippen molar-refractivity contribution in [1.29, 1.82) is 0 Å². The van der Waals surface area contributed by atoms with Crippen molar-refractivity contribution >= 4 is 17.6 Å². The molecule has 0 amide bonds. The number of nitrogens with zero attached hydrogens (tertiary/aromatic N) is 2. The van der Waals surface area contributed by atoms with Gasteiger partial charge < -0.3 is 10.6 Å². The Kier molecular flexibility index (Phi) is 3.63. The number of halogens is 1. The van der Waals surface area contributed by atoms with Crippen LogP contribution in [0, 0.1) is 0 Å². The number of guanidine groups is 1. The molecule has 1 fully saturated rings. The van der Waals surface area contributed by atoms with Gasteiger partial charge in [0.2, 0.25) is 0 Å². The van der Waals surface area contributed by atoms with Crippen LogP contribution in [0.2, 0.25) is 5.02 Å². The van der Waals surface area contributed by atoms with E-state index < -0.39 is 0 Å². The fourth-order valence-corrected chi connectivity index (χ4v) is 3.97. The predicted molar refractivity (Wildman–Crippen MR) is 84.0 cm³/mol. The fourth-order valence-electron chi connectivity index (χ4n) is 3.78. The van der Waals surface area contributed by atoms with E-state index in [-0.39, 0.29) is 5.54 Å². The van der Waals surface area contributed by atoms with E-state index in [1.54, 1.807) is 0 Å². The summed E-state index contributed by atoms with van der Waals surface area (Å²) in [6, 6.07) is 8.71. The van der Waals surface area contributed by atoms with Crippen LogP contribution in [0.25, 0.3) is 0 Å². The number of hydrogen-bond donors (Lipinski definition) is 1. The van der Waals surface area contributed by atoms with Gasteiger partial charge in [0.25, 0.3) is 0 Å². The maximum absolute atomic E-state index is 6.23. The van der Waals surface area contributed by atoms with Gasteiger partial charge in [-0.2, -0.15) is 0 Å². The van der Waals surface area contributed by atoms with Crippen LogP contribution in [-0.4, -0.2) is 23.4 Å². The minimum atomic E-state index is -0.107. The molecular weight excluding hydrogens is 270 g/mol. The summed E-state index contributed by atoms with van der Waals surface area (Å²) >= 11 is 6.20. The Labute approximate surface area is 125 Å². The van der Waals surface area contributed by atoms with Crippen molar-refractivity contribution in [2.24, 2.45) is 10.7 Å². The van der Waals surface area contributed by atoms with Crippen molar-refractivity contribution in [3.8, 4) is 0 Å². The molecule has 1 aromatic rings. The summed E-state index contributed by atoms with van der Waals surface area (Å²) in [5.74, 6) is 0.707. The van der Waals surface area contributed by atoms with E-state index in [4.69, 9.17) is 17.3 Å².